The van der Waals surface area contributed by atoms with Gasteiger partial charge in [0.1, 0.15) is 15.5 Å². The molecule has 2 heterocycles. The van der Waals surface area contributed by atoms with Gasteiger partial charge in [-0.1, -0.05) is 37.6 Å². The van der Waals surface area contributed by atoms with Crippen molar-refractivity contribution in [1.82, 2.24) is 9.97 Å². The van der Waals surface area contributed by atoms with Crippen LogP contribution >= 0.6 is 22.9 Å². The van der Waals surface area contributed by atoms with E-state index in [-0.39, 0.29) is 11.5 Å². The standard InChI is InChI=1S/C18H17ClN2O3S/c1-9(2)8-24-18(23)14-10(3)13-16(22)20-15(21-17(13)25-14)11-6-4-5-7-12(11)19/h4-7,9H,8H2,1-3H3,(H,20,21,22). The maximum absolute atomic E-state index is 12.5. The zero-order chi connectivity index (χ0) is 18.1. The van der Waals surface area contributed by atoms with E-state index in [4.69, 9.17) is 16.3 Å². The van der Waals surface area contributed by atoms with Gasteiger partial charge < -0.3 is 9.72 Å². The van der Waals surface area contributed by atoms with Gasteiger partial charge in [-0.05, 0) is 30.5 Å². The molecule has 25 heavy (non-hydrogen) atoms. The van der Waals surface area contributed by atoms with Gasteiger partial charge >= 0.3 is 5.97 Å². The van der Waals surface area contributed by atoms with Gasteiger partial charge in [-0.25, -0.2) is 9.78 Å². The zero-order valence-corrected chi connectivity index (χ0v) is 15.6. The zero-order valence-electron chi connectivity index (χ0n) is 14.1. The van der Waals surface area contributed by atoms with Crippen LogP contribution in [0, 0.1) is 12.8 Å². The molecule has 130 valence electrons. The lowest BCUT2D eigenvalue weighted by atomic mass is 10.2. The Morgan fingerprint density at radius 3 is 2.76 bits per heavy atom. The second-order valence-electron chi connectivity index (χ2n) is 6.12. The summed E-state index contributed by atoms with van der Waals surface area (Å²) in [5.41, 5.74) is 0.933. The van der Waals surface area contributed by atoms with Gasteiger partial charge in [0.2, 0.25) is 0 Å². The monoisotopic (exact) mass is 376 g/mol. The van der Waals surface area contributed by atoms with Crippen molar-refractivity contribution in [2.45, 2.75) is 20.8 Å². The number of nitrogens with one attached hydrogen (secondary N) is 1. The van der Waals surface area contributed by atoms with E-state index >= 15 is 0 Å². The molecule has 0 aliphatic heterocycles. The number of aryl methyl sites for hydroxylation is 1. The van der Waals surface area contributed by atoms with E-state index in [1.54, 1.807) is 25.1 Å². The molecule has 0 unspecified atom stereocenters. The van der Waals surface area contributed by atoms with Crippen LogP contribution in [0.1, 0.15) is 29.1 Å². The molecule has 0 amide bonds. The fourth-order valence-electron chi connectivity index (χ4n) is 2.43. The lowest BCUT2D eigenvalue weighted by Crippen LogP contribution is -2.11. The number of aromatic nitrogens is 2. The molecular formula is C18H17ClN2O3S. The summed E-state index contributed by atoms with van der Waals surface area (Å²) < 4.78 is 5.28. The fraction of sp³-hybridized carbons (Fsp3) is 0.278. The summed E-state index contributed by atoms with van der Waals surface area (Å²) >= 11 is 7.35. The molecule has 2 aromatic heterocycles. The largest absolute Gasteiger partial charge is 0.461 e. The first-order valence-corrected chi connectivity index (χ1v) is 9.03. The Kier molecular flexibility index (Phi) is 4.92. The number of fused-ring (bicyclic) bond motifs is 1. The average Bonchev–Trinajstić information content (AvgIpc) is 2.90. The molecule has 3 aromatic rings. The van der Waals surface area contributed by atoms with Crippen LogP contribution in [-0.4, -0.2) is 22.5 Å². The van der Waals surface area contributed by atoms with E-state index < -0.39 is 5.97 Å². The highest BCUT2D eigenvalue weighted by Gasteiger charge is 2.21. The Hall–Kier alpha value is -2.18. The molecule has 0 bridgehead atoms. The summed E-state index contributed by atoms with van der Waals surface area (Å²) in [6.45, 7) is 6.00. The Labute approximate surface area is 153 Å². The first kappa shape index (κ1) is 17.6. The molecule has 7 heteroatoms. The molecule has 3 rings (SSSR count). The van der Waals surface area contributed by atoms with Gasteiger partial charge in [0.25, 0.3) is 5.56 Å². The number of ether oxygens (including phenoxy) is 1. The number of benzene rings is 1. The lowest BCUT2D eigenvalue weighted by Gasteiger charge is -2.05. The van der Waals surface area contributed by atoms with E-state index in [0.717, 1.165) is 11.3 Å². The number of hydrogen-bond donors (Lipinski definition) is 1. The van der Waals surface area contributed by atoms with Crippen molar-refractivity contribution in [3.63, 3.8) is 0 Å². The third kappa shape index (κ3) is 3.45. The van der Waals surface area contributed by atoms with E-state index in [1.165, 1.54) is 0 Å². The number of rotatable bonds is 4. The van der Waals surface area contributed by atoms with Crippen molar-refractivity contribution in [2.75, 3.05) is 6.61 Å². The van der Waals surface area contributed by atoms with Crippen molar-refractivity contribution in [2.24, 2.45) is 5.92 Å². The molecule has 0 saturated carbocycles. The van der Waals surface area contributed by atoms with Crippen LogP contribution in [0.15, 0.2) is 29.1 Å². The van der Waals surface area contributed by atoms with Gasteiger partial charge in [-0.15, -0.1) is 11.3 Å². The molecule has 0 radical (unpaired) electrons. The molecule has 0 saturated heterocycles. The number of thiophene rings is 1. The predicted molar refractivity (Wildman–Crippen MR) is 101 cm³/mol. The number of aromatic amines is 1. The second-order valence-corrected chi connectivity index (χ2v) is 7.53. The fourth-order valence-corrected chi connectivity index (χ4v) is 3.73. The average molecular weight is 377 g/mol. The summed E-state index contributed by atoms with van der Waals surface area (Å²) in [4.78, 5) is 33.0. The van der Waals surface area contributed by atoms with E-state index in [2.05, 4.69) is 9.97 Å². The number of carbonyl (C=O) groups is 1. The molecule has 1 N–H and O–H groups in total. The van der Waals surface area contributed by atoms with Gasteiger partial charge in [0.15, 0.2) is 0 Å². The highest BCUT2D eigenvalue weighted by atomic mass is 35.5. The van der Waals surface area contributed by atoms with E-state index in [1.807, 2.05) is 19.9 Å². The van der Waals surface area contributed by atoms with Crippen molar-refractivity contribution in [3.8, 4) is 11.4 Å². The molecule has 0 aliphatic carbocycles. The predicted octanol–water partition coefficient (Wildman–Crippen LogP) is 4.43. The van der Waals surface area contributed by atoms with Gasteiger partial charge in [-0.2, -0.15) is 0 Å². The lowest BCUT2D eigenvalue weighted by molar-refractivity contribution is 0.0464. The van der Waals surface area contributed by atoms with Crippen molar-refractivity contribution in [3.05, 3.63) is 50.1 Å². The summed E-state index contributed by atoms with van der Waals surface area (Å²) in [6, 6.07) is 7.14. The van der Waals surface area contributed by atoms with Crippen LogP contribution in [0.25, 0.3) is 21.6 Å². The quantitative estimate of drug-likeness (QED) is 0.684. The molecule has 0 aliphatic rings. The van der Waals surface area contributed by atoms with Gasteiger partial charge in [-0.3, -0.25) is 4.79 Å². The van der Waals surface area contributed by atoms with E-state index in [0.29, 0.717) is 43.7 Å². The van der Waals surface area contributed by atoms with Crippen LogP contribution in [0.5, 0.6) is 0 Å². The Morgan fingerprint density at radius 2 is 2.08 bits per heavy atom. The number of halogens is 1. The number of carbonyl (C=O) groups excluding carboxylic acids is 1. The SMILES string of the molecule is Cc1c(C(=O)OCC(C)C)sc2nc(-c3ccccc3Cl)[nH]c(=O)c12. The molecule has 0 spiro atoms. The highest BCUT2D eigenvalue weighted by molar-refractivity contribution is 7.20. The Balaban J connectivity index is 2.09. The summed E-state index contributed by atoms with van der Waals surface area (Å²) in [6.07, 6.45) is 0. The minimum atomic E-state index is -0.423. The summed E-state index contributed by atoms with van der Waals surface area (Å²) in [5.74, 6) is 0.200. The molecule has 0 atom stereocenters. The number of esters is 1. The van der Waals surface area contributed by atoms with Crippen molar-refractivity contribution < 1.29 is 9.53 Å². The smallest absolute Gasteiger partial charge is 0.348 e. The second kappa shape index (κ2) is 6.98. The maximum atomic E-state index is 12.5. The molecule has 1 aromatic carbocycles. The Bertz CT molecular complexity index is 1010. The molecule has 0 fully saturated rings. The molecule has 5 nitrogen and oxygen atoms in total. The minimum Gasteiger partial charge on any atom is -0.461 e. The topological polar surface area (TPSA) is 72.0 Å². The minimum absolute atomic E-state index is 0.243. The van der Waals surface area contributed by atoms with Crippen LogP contribution in [0.2, 0.25) is 5.02 Å². The number of nitrogens with zero attached hydrogens (tertiary/aromatic N) is 1. The van der Waals surface area contributed by atoms with Crippen LogP contribution in [0.3, 0.4) is 0 Å². The molecular weight excluding hydrogens is 360 g/mol. The van der Waals surface area contributed by atoms with Gasteiger partial charge in [0.05, 0.1) is 17.0 Å². The third-order valence-corrected chi connectivity index (χ3v) is 5.16. The third-order valence-electron chi connectivity index (χ3n) is 3.66. The van der Waals surface area contributed by atoms with Crippen LogP contribution in [0.4, 0.5) is 0 Å². The van der Waals surface area contributed by atoms with Crippen molar-refractivity contribution in [1.29, 1.82) is 0 Å². The van der Waals surface area contributed by atoms with Gasteiger partial charge in [0, 0.05) is 5.56 Å². The highest BCUT2D eigenvalue weighted by Crippen LogP contribution is 2.30. The first-order chi connectivity index (χ1) is 11.9. The Morgan fingerprint density at radius 1 is 1.36 bits per heavy atom. The van der Waals surface area contributed by atoms with Crippen LogP contribution < -0.4 is 5.56 Å². The number of H-pyrrole nitrogens is 1. The summed E-state index contributed by atoms with van der Waals surface area (Å²) in [5, 5.41) is 0.909. The maximum Gasteiger partial charge on any atom is 0.348 e. The summed E-state index contributed by atoms with van der Waals surface area (Å²) in [7, 11) is 0. The normalized spacial score (nSPS) is 11.2. The van der Waals surface area contributed by atoms with E-state index in [9.17, 15) is 9.59 Å². The number of hydrogen-bond acceptors (Lipinski definition) is 5. The van der Waals surface area contributed by atoms with Crippen LogP contribution in [-0.2, 0) is 4.74 Å². The first-order valence-electron chi connectivity index (χ1n) is 7.84. The van der Waals surface area contributed by atoms with Crippen molar-refractivity contribution >= 4 is 39.1 Å².